The Hall–Kier alpha value is -4.88. The number of methoxy groups -OCH3 is 1. The van der Waals surface area contributed by atoms with E-state index in [1.54, 1.807) is 18.9 Å². The predicted molar refractivity (Wildman–Crippen MR) is 164 cm³/mol. The van der Waals surface area contributed by atoms with Crippen LogP contribution in [0.4, 0.5) is 17.1 Å². The van der Waals surface area contributed by atoms with Crippen LogP contribution in [0.3, 0.4) is 0 Å². The van der Waals surface area contributed by atoms with Crippen molar-refractivity contribution >= 4 is 34.0 Å². The first kappa shape index (κ1) is 24.0. The van der Waals surface area contributed by atoms with Gasteiger partial charge in [-0.05, 0) is 59.3 Å². The van der Waals surface area contributed by atoms with Gasteiger partial charge in [-0.1, -0.05) is 84.9 Å². The summed E-state index contributed by atoms with van der Waals surface area (Å²) < 4.78 is 5.40. The molecule has 1 fully saturated rings. The molecule has 41 heavy (non-hydrogen) atoms. The molecule has 0 saturated carbocycles. The lowest BCUT2D eigenvalue weighted by atomic mass is 9.74. The highest BCUT2D eigenvalue weighted by atomic mass is 32.2. The number of nitrogens with zero attached hydrogens (tertiary/aromatic N) is 4. The largest absolute Gasteiger partial charge is 0.497 e. The third-order valence-electron chi connectivity index (χ3n) is 7.98. The number of para-hydroxylation sites is 2. The first-order valence-corrected chi connectivity index (χ1v) is 14.4. The van der Waals surface area contributed by atoms with Crippen LogP contribution in [0.5, 0.6) is 5.75 Å². The fourth-order valence-corrected chi connectivity index (χ4v) is 7.76. The summed E-state index contributed by atoms with van der Waals surface area (Å²) in [5, 5.41) is 6.40. The van der Waals surface area contributed by atoms with Crippen LogP contribution in [0, 0.1) is 0 Å². The molecule has 0 aromatic heterocycles. The summed E-state index contributed by atoms with van der Waals surface area (Å²) in [5.41, 5.74) is 10.6. The van der Waals surface area contributed by atoms with Gasteiger partial charge in [-0.3, -0.25) is 4.90 Å². The molecule has 2 heterocycles. The molecule has 3 aliphatic rings. The second-order valence-electron chi connectivity index (χ2n) is 10.2. The number of azo groups is 1. The van der Waals surface area contributed by atoms with Crippen LogP contribution < -0.4 is 15.1 Å². The maximum Gasteiger partial charge on any atom is 0.265 e. The number of hydrazine groups is 1. The van der Waals surface area contributed by atoms with Crippen LogP contribution in [0.2, 0.25) is 0 Å². The van der Waals surface area contributed by atoms with E-state index in [2.05, 4.69) is 95.3 Å². The van der Waals surface area contributed by atoms with Crippen LogP contribution in [-0.2, 0) is 10.5 Å². The maximum absolute atomic E-state index is 5.54. The third kappa shape index (κ3) is 3.36. The van der Waals surface area contributed by atoms with E-state index in [4.69, 9.17) is 14.8 Å². The molecule has 1 saturated heterocycles. The number of nitrogens with one attached hydrogen (secondary N) is 1. The molecule has 0 unspecified atom stereocenters. The molecule has 8 rings (SSSR count). The van der Waals surface area contributed by atoms with Crippen LogP contribution >= 0.6 is 11.8 Å². The predicted octanol–water partition coefficient (Wildman–Crippen LogP) is 7.94. The monoisotopic (exact) mass is 552 g/mol. The van der Waals surface area contributed by atoms with E-state index < -0.39 is 10.5 Å². The van der Waals surface area contributed by atoms with E-state index in [0.29, 0.717) is 0 Å². The normalized spacial score (nSPS) is 22.7. The Morgan fingerprint density at radius 3 is 2.05 bits per heavy atom. The molecular weight excluding hydrogens is 526 g/mol. The van der Waals surface area contributed by atoms with Gasteiger partial charge in [-0.15, -0.1) is 5.43 Å². The van der Waals surface area contributed by atoms with Gasteiger partial charge in [0.15, 0.2) is 5.17 Å². The number of amidine groups is 1. The van der Waals surface area contributed by atoms with E-state index >= 15 is 0 Å². The average molecular weight is 553 g/mol. The van der Waals surface area contributed by atoms with Gasteiger partial charge in [0.1, 0.15) is 5.75 Å². The quantitative estimate of drug-likeness (QED) is 0.230. The van der Waals surface area contributed by atoms with Gasteiger partial charge in [0.2, 0.25) is 5.66 Å². The van der Waals surface area contributed by atoms with E-state index in [9.17, 15) is 0 Å². The molecule has 2 aliphatic heterocycles. The molecule has 0 spiro atoms. The highest BCUT2D eigenvalue weighted by Gasteiger charge is 2.76. The Labute approximate surface area is 242 Å². The van der Waals surface area contributed by atoms with Crippen molar-refractivity contribution in [3.63, 3.8) is 0 Å². The second-order valence-corrected chi connectivity index (χ2v) is 11.3. The SMILES string of the molecule is COc1ccc(N=C2S[C@@]34N=[N+](c5ccccc5)N[C@@]3(c3ccccc3-c3ccccc34)N2c2ccccc2)cc1. The number of ether oxygens (including phenoxy) is 1. The summed E-state index contributed by atoms with van der Waals surface area (Å²) in [4.78, 5) is 8.78. The molecule has 0 bridgehead atoms. The minimum absolute atomic E-state index is 0.769. The fourth-order valence-electron chi connectivity index (χ4n) is 6.21. The Balaban J connectivity index is 1.46. The summed E-state index contributed by atoms with van der Waals surface area (Å²) in [6.45, 7) is 0. The number of rotatable bonds is 4. The first-order chi connectivity index (χ1) is 20.2. The molecule has 1 aliphatic carbocycles. The lowest BCUT2D eigenvalue weighted by Crippen LogP contribution is -2.61. The maximum atomic E-state index is 5.54. The lowest BCUT2D eigenvalue weighted by molar-refractivity contribution is -0.568. The Kier molecular flexibility index (Phi) is 5.30. The molecule has 6 nitrogen and oxygen atoms in total. The average Bonchev–Trinajstić information content (AvgIpc) is 3.53. The van der Waals surface area contributed by atoms with E-state index in [1.807, 2.05) is 53.3 Å². The van der Waals surface area contributed by atoms with E-state index in [1.165, 1.54) is 11.1 Å². The van der Waals surface area contributed by atoms with Gasteiger partial charge in [0, 0.05) is 38.9 Å². The molecule has 0 radical (unpaired) electrons. The molecule has 5 aromatic carbocycles. The highest BCUT2D eigenvalue weighted by molar-refractivity contribution is 8.15. The number of fused-ring (bicyclic) bond motifs is 3. The van der Waals surface area contributed by atoms with Gasteiger partial charge < -0.3 is 4.74 Å². The number of hydrogen-bond acceptors (Lipinski definition) is 5. The van der Waals surface area contributed by atoms with Gasteiger partial charge >= 0.3 is 0 Å². The van der Waals surface area contributed by atoms with Crippen molar-refractivity contribution in [1.82, 2.24) is 5.43 Å². The minimum atomic E-state index is -0.800. The molecule has 1 N–H and O–H groups in total. The molecule has 0 amide bonds. The summed E-state index contributed by atoms with van der Waals surface area (Å²) in [5.74, 6) is 0.800. The third-order valence-corrected chi connectivity index (χ3v) is 9.32. The molecule has 5 aromatic rings. The van der Waals surface area contributed by atoms with Gasteiger partial charge in [0.25, 0.3) is 10.6 Å². The highest BCUT2D eigenvalue weighted by Crippen LogP contribution is 2.68. The smallest absolute Gasteiger partial charge is 0.265 e. The van der Waals surface area contributed by atoms with Crippen LogP contribution in [0.25, 0.3) is 11.1 Å². The Morgan fingerprint density at radius 1 is 0.732 bits per heavy atom. The summed E-state index contributed by atoms with van der Waals surface area (Å²) in [6, 6.07) is 45.9. The zero-order chi connectivity index (χ0) is 27.4. The number of aliphatic imine (C=N–C) groups is 1. The topological polar surface area (TPSA) is 52.2 Å². The number of benzene rings is 5. The van der Waals surface area contributed by atoms with Crippen molar-refractivity contribution in [2.75, 3.05) is 12.0 Å². The van der Waals surface area contributed by atoms with E-state index in [0.717, 1.165) is 39.1 Å². The summed E-state index contributed by atoms with van der Waals surface area (Å²) in [6.07, 6.45) is 0. The van der Waals surface area contributed by atoms with Crippen molar-refractivity contribution in [2.45, 2.75) is 10.5 Å². The number of anilines is 1. The first-order valence-electron chi connectivity index (χ1n) is 13.6. The zero-order valence-corrected chi connectivity index (χ0v) is 23.1. The van der Waals surface area contributed by atoms with Gasteiger partial charge in [-0.25, -0.2) is 4.99 Å². The zero-order valence-electron chi connectivity index (χ0n) is 22.3. The van der Waals surface area contributed by atoms with Crippen LogP contribution in [0.15, 0.2) is 144 Å². The van der Waals surface area contributed by atoms with Crippen molar-refractivity contribution in [3.05, 3.63) is 145 Å². The Morgan fingerprint density at radius 2 is 1.34 bits per heavy atom. The second kappa shape index (κ2) is 9.08. The molecular formula is C34H26N5OS+. The summed E-state index contributed by atoms with van der Waals surface area (Å²) in [7, 11) is 1.68. The van der Waals surface area contributed by atoms with Gasteiger partial charge in [-0.2, -0.15) is 0 Å². The van der Waals surface area contributed by atoms with Crippen LogP contribution in [0.1, 0.15) is 11.1 Å². The van der Waals surface area contributed by atoms with E-state index in [-0.39, 0.29) is 0 Å². The van der Waals surface area contributed by atoms with Crippen molar-refractivity contribution in [3.8, 4) is 16.9 Å². The van der Waals surface area contributed by atoms with Crippen molar-refractivity contribution in [2.24, 2.45) is 10.1 Å². The number of thioether (sulfide) groups is 1. The molecule has 2 atom stereocenters. The minimum Gasteiger partial charge on any atom is -0.497 e. The fraction of sp³-hybridized carbons (Fsp3) is 0.0882. The summed E-state index contributed by atoms with van der Waals surface area (Å²) >= 11 is 1.69. The van der Waals surface area contributed by atoms with Crippen LogP contribution in [-0.4, -0.2) is 17.1 Å². The number of hydrogen-bond donors (Lipinski definition) is 1. The van der Waals surface area contributed by atoms with Gasteiger partial charge in [0.05, 0.1) is 12.8 Å². The molecule has 198 valence electrons. The van der Waals surface area contributed by atoms with Crippen molar-refractivity contribution < 1.29 is 9.54 Å². The molecule has 7 heteroatoms. The lowest BCUT2D eigenvalue weighted by Gasteiger charge is -2.43. The Bertz CT molecular complexity index is 1840. The van der Waals surface area contributed by atoms with Crippen molar-refractivity contribution in [1.29, 1.82) is 0 Å². The standard InChI is InChI=1S/C34H26N5OS/c1-40-27-22-20-24(21-23-27)35-32-38(25-12-4-2-5-13-25)33-30-18-10-8-16-28(30)29-17-9-11-19-31(29)34(33,41-32)37-39(36-33)26-14-6-3-7-15-26/h2-23H,1H3,(H,36,37)/q+1/t33-,34+/m0/s1.